The second-order valence-electron chi connectivity index (χ2n) is 9.19. The van der Waals surface area contributed by atoms with E-state index in [4.69, 9.17) is 9.47 Å². The molecule has 0 aromatic heterocycles. The lowest BCUT2D eigenvalue weighted by atomic mass is 9.53. The maximum absolute atomic E-state index is 12.4. The number of carbonyl (C=O) groups is 1. The first-order chi connectivity index (χ1) is 14.1. The first-order valence-electron chi connectivity index (χ1n) is 11.2. The first-order valence-corrected chi connectivity index (χ1v) is 11.2. The molecule has 0 radical (unpaired) electrons. The third-order valence-corrected chi connectivity index (χ3v) is 7.59. The fraction of sp³-hybridized carbons (Fsp3) is 0.625. The normalized spacial score (nSPS) is 33.9. The van der Waals surface area contributed by atoms with Crippen LogP contribution in [0.4, 0.5) is 0 Å². The van der Waals surface area contributed by atoms with E-state index >= 15 is 0 Å². The summed E-state index contributed by atoms with van der Waals surface area (Å²) in [5, 5.41) is 10.8. The van der Waals surface area contributed by atoms with Crippen molar-refractivity contribution in [1.29, 1.82) is 0 Å². The number of hydrogen-bond acceptors (Lipinski definition) is 5. The molecule has 1 aromatic carbocycles. The van der Waals surface area contributed by atoms with Crippen LogP contribution in [-0.4, -0.2) is 47.8 Å². The molecule has 156 valence electrons. The number of rotatable bonds is 6. The molecule has 5 rings (SSSR count). The molecule has 2 bridgehead atoms. The van der Waals surface area contributed by atoms with Gasteiger partial charge in [-0.3, -0.25) is 4.79 Å². The number of likely N-dealkylation sites (tertiary alicyclic amines) is 1. The zero-order valence-electron chi connectivity index (χ0n) is 17.4. The number of unbranched alkanes of at least 4 members (excludes halogenated alkanes) is 3. The maximum Gasteiger partial charge on any atom is 0.311 e. The molecule has 0 saturated carbocycles. The van der Waals surface area contributed by atoms with Gasteiger partial charge in [0.05, 0.1) is 0 Å². The Kier molecular flexibility index (Phi) is 4.71. The monoisotopic (exact) mass is 397 g/mol. The second-order valence-corrected chi connectivity index (χ2v) is 9.19. The third-order valence-electron chi connectivity index (χ3n) is 7.59. The minimum absolute atomic E-state index is 0.194. The molecule has 5 nitrogen and oxygen atoms in total. The number of piperidine rings is 1. The van der Waals surface area contributed by atoms with Crippen LogP contribution in [0, 0.1) is 5.92 Å². The molecule has 2 aliphatic heterocycles. The second kappa shape index (κ2) is 7.13. The molecule has 2 aliphatic carbocycles. The van der Waals surface area contributed by atoms with Crippen LogP contribution < -0.4 is 9.47 Å². The number of carbonyl (C=O) groups excluding carboxylic acids is 1. The van der Waals surface area contributed by atoms with Gasteiger partial charge in [0.1, 0.15) is 12.2 Å². The van der Waals surface area contributed by atoms with E-state index in [1.807, 2.05) is 12.1 Å². The van der Waals surface area contributed by atoms with Gasteiger partial charge >= 0.3 is 5.97 Å². The van der Waals surface area contributed by atoms with Crippen molar-refractivity contribution < 1.29 is 19.4 Å². The Bertz CT molecular complexity index is 850. The van der Waals surface area contributed by atoms with E-state index in [9.17, 15) is 9.90 Å². The van der Waals surface area contributed by atoms with Gasteiger partial charge in [0.25, 0.3) is 0 Å². The largest absolute Gasteiger partial charge is 0.482 e. The summed E-state index contributed by atoms with van der Waals surface area (Å²) in [6.45, 7) is 3.15. The standard InChI is InChI=1S/C24H31NO4/c1-3-4-5-6-7-20(27)28-19-11-8-15-14-17-16-9-10-18(26)23-24(16,12-13-25(17)2)21(15)22(19)29-23/h8-11,16-18,23,26H,3-7,12-14H2,1-2H3/t16-,17+,18-,23-,24-/m0/s1. The summed E-state index contributed by atoms with van der Waals surface area (Å²) in [5.41, 5.74) is 2.26. The van der Waals surface area contributed by atoms with E-state index in [-0.39, 0.29) is 17.5 Å². The topological polar surface area (TPSA) is 59.0 Å². The van der Waals surface area contributed by atoms with Gasteiger partial charge in [-0.1, -0.05) is 44.4 Å². The average Bonchev–Trinajstić information content (AvgIpc) is 3.06. The Morgan fingerprint density at radius 1 is 1.31 bits per heavy atom. The molecule has 5 heteroatoms. The van der Waals surface area contributed by atoms with Crippen LogP contribution in [0.5, 0.6) is 11.5 Å². The molecule has 1 N–H and O–H groups in total. The third kappa shape index (κ3) is 2.77. The average molecular weight is 398 g/mol. The number of nitrogens with zero attached hydrogens (tertiary/aromatic N) is 1. The number of esters is 1. The zero-order chi connectivity index (χ0) is 20.2. The van der Waals surface area contributed by atoms with Gasteiger partial charge in [-0.15, -0.1) is 0 Å². The van der Waals surface area contributed by atoms with Gasteiger partial charge < -0.3 is 19.5 Å². The Hall–Kier alpha value is -1.85. The molecule has 1 spiro atoms. The Morgan fingerprint density at radius 3 is 3.00 bits per heavy atom. The van der Waals surface area contributed by atoms with Crippen molar-refractivity contribution in [3.05, 3.63) is 35.4 Å². The molecule has 4 aliphatic rings. The predicted molar refractivity (Wildman–Crippen MR) is 110 cm³/mol. The Morgan fingerprint density at radius 2 is 2.17 bits per heavy atom. The van der Waals surface area contributed by atoms with E-state index in [0.29, 0.717) is 29.9 Å². The number of benzene rings is 1. The highest BCUT2D eigenvalue weighted by molar-refractivity contribution is 5.74. The maximum atomic E-state index is 12.4. The minimum Gasteiger partial charge on any atom is -0.482 e. The lowest BCUT2D eigenvalue weighted by Crippen LogP contribution is -2.64. The number of hydrogen-bond donors (Lipinski definition) is 1. The van der Waals surface area contributed by atoms with Gasteiger partial charge in [0.15, 0.2) is 11.5 Å². The predicted octanol–water partition coefficient (Wildman–Crippen LogP) is 3.37. The fourth-order valence-corrected chi connectivity index (χ4v) is 6.18. The van der Waals surface area contributed by atoms with Crippen molar-refractivity contribution in [3.63, 3.8) is 0 Å². The van der Waals surface area contributed by atoms with E-state index in [0.717, 1.165) is 45.1 Å². The summed E-state index contributed by atoms with van der Waals surface area (Å²) in [7, 11) is 2.20. The Labute approximate surface area is 172 Å². The van der Waals surface area contributed by atoms with Crippen LogP contribution in [0.15, 0.2) is 24.3 Å². The lowest BCUT2D eigenvalue weighted by molar-refractivity contribution is -0.134. The highest BCUT2D eigenvalue weighted by Gasteiger charge is 2.64. The van der Waals surface area contributed by atoms with Crippen LogP contribution in [0.25, 0.3) is 0 Å². The van der Waals surface area contributed by atoms with Crippen molar-refractivity contribution in [1.82, 2.24) is 4.90 Å². The Balaban J connectivity index is 1.49. The van der Waals surface area contributed by atoms with E-state index in [2.05, 4.69) is 31.0 Å². The van der Waals surface area contributed by atoms with E-state index in [1.54, 1.807) is 0 Å². The number of aliphatic hydroxyl groups is 1. The number of likely N-dealkylation sites (N-methyl/N-ethyl adjacent to an activating group) is 1. The smallest absolute Gasteiger partial charge is 0.311 e. The SMILES string of the molecule is CCCCCCC(=O)Oc1ccc2c3c1O[C@H]1[C@@H](O)C=C[C@H]4[C@@H](C2)N(C)CC[C@@]341. The molecule has 1 saturated heterocycles. The van der Waals surface area contributed by atoms with Crippen molar-refractivity contribution in [2.24, 2.45) is 5.92 Å². The molecular formula is C24H31NO4. The van der Waals surface area contributed by atoms with Gasteiger partial charge in [-0.2, -0.15) is 0 Å². The van der Waals surface area contributed by atoms with Crippen LogP contribution in [0.3, 0.4) is 0 Å². The van der Waals surface area contributed by atoms with Crippen molar-refractivity contribution in [2.45, 2.75) is 75.5 Å². The van der Waals surface area contributed by atoms with Gasteiger partial charge in [0, 0.05) is 29.4 Å². The van der Waals surface area contributed by atoms with Crippen LogP contribution in [0.1, 0.15) is 56.6 Å². The van der Waals surface area contributed by atoms with E-state index in [1.165, 1.54) is 11.1 Å². The highest BCUT2D eigenvalue weighted by atomic mass is 16.6. The molecular weight excluding hydrogens is 366 g/mol. The van der Waals surface area contributed by atoms with Gasteiger partial charge in [-0.05, 0) is 44.5 Å². The van der Waals surface area contributed by atoms with Gasteiger partial charge in [-0.25, -0.2) is 0 Å². The summed E-state index contributed by atoms with van der Waals surface area (Å²) in [4.78, 5) is 14.9. The molecule has 0 amide bonds. The van der Waals surface area contributed by atoms with Crippen molar-refractivity contribution >= 4 is 5.97 Å². The highest BCUT2D eigenvalue weighted by Crippen LogP contribution is 2.62. The summed E-state index contributed by atoms with van der Waals surface area (Å²) in [5.74, 6) is 1.35. The fourth-order valence-electron chi connectivity index (χ4n) is 6.18. The number of ether oxygens (including phenoxy) is 2. The van der Waals surface area contributed by atoms with Crippen molar-refractivity contribution in [3.8, 4) is 11.5 Å². The molecule has 1 fully saturated rings. The quantitative estimate of drug-likeness (QED) is 0.345. The van der Waals surface area contributed by atoms with E-state index < -0.39 is 6.10 Å². The molecule has 2 heterocycles. The lowest BCUT2D eigenvalue weighted by Gasteiger charge is -2.56. The summed E-state index contributed by atoms with van der Waals surface area (Å²) >= 11 is 0. The molecule has 0 unspecified atom stereocenters. The molecule has 5 atom stereocenters. The number of aliphatic hydroxyl groups excluding tert-OH is 1. The van der Waals surface area contributed by atoms with Crippen LogP contribution in [0.2, 0.25) is 0 Å². The zero-order valence-corrected chi connectivity index (χ0v) is 17.4. The van der Waals surface area contributed by atoms with Crippen LogP contribution >= 0.6 is 0 Å². The minimum atomic E-state index is -0.633. The first kappa shape index (κ1) is 19.1. The molecule has 29 heavy (non-hydrogen) atoms. The summed E-state index contributed by atoms with van der Waals surface area (Å²) < 4.78 is 12.2. The van der Waals surface area contributed by atoms with Crippen LogP contribution in [-0.2, 0) is 16.6 Å². The van der Waals surface area contributed by atoms with Gasteiger partial charge in [0.2, 0.25) is 0 Å². The molecule has 1 aromatic rings. The summed E-state index contributed by atoms with van der Waals surface area (Å²) in [6.07, 6.45) is 9.73. The van der Waals surface area contributed by atoms with Crippen molar-refractivity contribution in [2.75, 3.05) is 13.6 Å². The summed E-state index contributed by atoms with van der Waals surface area (Å²) in [6, 6.07) is 4.42.